The molecule has 0 aliphatic rings. The standard InChI is InChI=1S/C16H37N3/c1-7-17-11-10-14-19(16(4)5)13-9-8-12-18(6)15(2)3/h15-17H,7-14H2,1-6H3. The van der Waals surface area contributed by atoms with Gasteiger partial charge in [-0.25, -0.2) is 0 Å². The molecular weight excluding hydrogens is 234 g/mol. The Morgan fingerprint density at radius 1 is 0.842 bits per heavy atom. The Kier molecular flexibility index (Phi) is 11.6. The van der Waals surface area contributed by atoms with Crippen molar-refractivity contribution < 1.29 is 0 Å². The maximum atomic E-state index is 3.40. The summed E-state index contributed by atoms with van der Waals surface area (Å²) >= 11 is 0. The first-order chi connectivity index (χ1) is 8.99. The van der Waals surface area contributed by atoms with Crippen molar-refractivity contribution in [1.29, 1.82) is 0 Å². The van der Waals surface area contributed by atoms with Crippen LogP contribution in [0.25, 0.3) is 0 Å². The summed E-state index contributed by atoms with van der Waals surface area (Å²) in [6.07, 6.45) is 3.89. The molecule has 0 aromatic carbocycles. The van der Waals surface area contributed by atoms with Gasteiger partial charge in [-0.1, -0.05) is 6.92 Å². The highest BCUT2D eigenvalue weighted by Crippen LogP contribution is 2.04. The lowest BCUT2D eigenvalue weighted by atomic mass is 10.2. The van der Waals surface area contributed by atoms with Gasteiger partial charge in [0.2, 0.25) is 0 Å². The van der Waals surface area contributed by atoms with E-state index in [4.69, 9.17) is 0 Å². The molecule has 0 aromatic heterocycles. The van der Waals surface area contributed by atoms with E-state index in [0.717, 1.165) is 13.1 Å². The SMILES string of the molecule is CCNCCCN(CCCCN(C)C(C)C)C(C)C. The maximum Gasteiger partial charge on any atom is 0.00385 e. The van der Waals surface area contributed by atoms with E-state index >= 15 is 0 Å². The fourth-order valence-electron chi connectivity index (χ4n) is 2.15. The Hall–Kier alpha value is -0.120. The topological polar surface area (TPSA) is 18.5 Å². The van der Waals surface area contributed by atoms with Gasteiger partial charge in [-0.2, -0.15) is 0 Å². The molecule has 0 rings (SSSR count). The minimum atomic E-state index is 0.668. The highest BCUT2D eigenvalue weighted by atomic mass is 15.1. The van der Waals surface area contributed by atoms with Crippen molar-refractivity contribution in [2.75, 3.05) is 39.8 Å². The highest BCUT2D eigenvalue weighted by molar-refractivity contribution is 4.65. The van der Waals surface area contributed by atoms with Crippen molar-refractivity contribution in [1.82, 2.24) is 15.1 Å². The van der Waals surface area contributed by atoms with Crippen molar-refractivity contribution in [3.63, 3.8) is 0 Å². The highest BCUT2D eigenvalue weighted by Gasteiger charge is 2.09. The normalized spacial score (nSPS) is 12.3. The first-order valence-corrected chi connectivity index (χ1v) is 8.14. The lowest BCUT2D eigenvalue weighted by Gasteiger charge is -2.27. The fraction of sp³-hybridized carbons (Fsp3) is 1.00. The Bertz CT molecular complexity index is 192. The summed E-state index contributed by atoms with van der Waals surface area (Å²) in [5, 5.41) is 3.40. The number of nitrogens with one attached hydrogen (secondary N) is 1. The zero-order valence-electron chi connectivity index (χ0n) is 14.2. The molecular formula is C16H37N3. The summed E-state index contributed by atoms with van der Waals surface area (Å²) in [5.41, 5.74) is 0. The van der Waals surface area contributed by atoms with Gasteiger partial charge in [-0.15, -0.1) is 0 Å². The first-order valence-electron chi connectivity index (χ1n) is 8.14. The molecule has 1 N–H and O–H groups in total. The van der Waals surface area contributed by atoms with Gasteiger partial charge >= 0.3 is 0 Å². The van der Waals surface area contributed by atoms with Crippen molar-refractivity contribution in [3.8, 4) is 0 Å². The van der Waals surface area contributed by atoms with Crippen LogP contribution in [0.5, 0.6) is 0 Å². The molecule has 116 valence electrons. The van der Waals surface area contributed by atoms with E-state index in [1.165, 1.54) is 38.9 Å². The first kappa shape index (κ1) is 18.9. The van der Waals surface area contributed by atoms with Crippen LogP contribution in [0, 0.1) is 0 Å². The smallest absolute Gasteiger partial charge is 0.00385 e. The molecule has 0 aliphatic heterocycles. The molecule has 0 saturated heterocycles. The number of hydrogen-bond donors (Lipinski definition) is 1. The summed E-state index contributed by atoms with van der Waals surface area (Å²) < 4.78 is 0. The van der Waals surface area contributed by atoms with E-state index in [2.05, 4.69) is 56.8 Å². The third-order valence-corrected chi connectivity index (χ3v) is 3.87. The van der Waals surface area contributed by atoms with Gasteiger partial charge in [-0.05, 0) is 86.7 Å². The van der Waals surface area contributed by atoms with Crippen LogP contribution in [0.2, 0.25) is 0 Å². The molecule has 0 unspecified atom stereocenters. The van der Waals surface area contributed by atoms with Crippen molar-refractivity contribution in [2.24, 2.45) is 0 Å². The molecule has 3 heteroatoms. The van der Waals surface area contributed by atoms with Crippen LogP contribution in [0.15, 0.2) is 0 Å². The second-order valence-electron chi connectivity index (χ2n) is 6.12. The van der Waals surface area contributed by atoms with Gasteiger partial charge in [-0.3, -0.25) is 0 Å². The number of nitrogens with zero attached hydrogens (tertiary/aromatic N) is 2. The minimum Gasteiger partial charge on any atom is -0.317 e. The number of rotatable bonds is 12. The zero-order chi connectivity index (χ0) is 14.7. The molecule has 0 fully saturated rings. The molecule has 0 saturated carbocycles. The Morgan fingerprint density at radius 3 is 1.95 bits per heavy atom. The van der Waals surface area contributed by atoms with Crippen LogP contribution >= 0.6 is 0 Å². The average molecular weight is 271 g/mol. The van der Waals surface area contributed by atoms with Gasteiger partial charge in [0.1, 0.15) is 0 Å². The molecule has 0 heterocycles. The van der Waals surface area contributed by atoms with Crippen LogP contribution < -0.4 is 5.32 Å². The van der Waals surface area contributed by atoms with E-state index < -0.39 is 0 Å². The molecule has 3 nitrogen and oxygen atoms in total. The molecule has 0 radical (unpaired) electrons. The summed E-state index contributed by atoms with van der Waals surface area (Å²) in [6, 6.07) is 1.34. The van der Waals surface area contributed by atoms with Crippen LogP contribution in [0.4, 0.5) is 0 Å². The largest absolute Gasteiger partial charge is 0.317 e. The molecule has 0 spiro atoms. The Morgan fingerprint density at radius 2 is 1.42 bits per heavy atom. The third-order valence-electron chi connectivity index (χ3n) is 3.87. The van der Waals surface area contributed by atoms with Crippen LogP contribution in [0.1, 0.15) is 53.9 Å². The van der Waals surface area contributed by atoms with E-state index in [1.807, 2.05) is 0 Å². The zero-order valence-corrected chi connectivity index (χ0v) is 14.2. The molecule has 19 heavy (non-hydrogen) atoms. The van der Waals surface area contributed by atoms with Gasteiger partial charge in [0.05, 0.1) is 0 Å². The summed E-state index contributed by atoms with van der Waals surface area (Å²) in [6.45, 7) is 17.3. The summed E-state index contributed by atoms with van der Waals surface area (Å²) in [7, 11) is 2.22. The molecule has 0 aliphatic carbocycles. The predicted octanol–water partition coefficient (Wildman–Crippen LogP) is 2.82. The van der Waals surface area contributed by atoms with Crippen LogP contribution in [-0.2, 0) is 0 Å². The maximum absolute atomic E-state index is 3.40. The predicted molar refractivity (Wildman–Crippen MR) is 86.9 cm³/mol. The second-order valence-corrected chi connectivity index (χ2v) is 6.12. The average Bonchev–Trinajstić information content (AvgIpc) is 2.35. The second kappa shape index (κ2) is 11.7. The Balaban J connectivity index is 3.70. The summed E-state index contributed by atoms with van der Waals surface area (Å²) in [5.74, 6) is 0. The monoisotopic (exact) mass is 271 g/mol. The number of hydrogen-bond acceptors (Lipinski definition) is 3. The van der Waals surface area contributed by atoms with Crippen molar-refractivity contribution in [3.05, 3.63) is 0 Å². The van der Waals surface area contributed by atoms with Gasteiger partial charge in [0.25, 0.3) is 0 Å². The lowest BCUT2D eigenvalue weighted by Crippen LogP contribution is -2.35. The van der Waals surface area contributed by atoms with E-state index in [1.54, 1.807) is 0 Å². The van der Waals surface area contributed by atoms with Crippen molar-refractivity contribution in [2.45, 2.75) is 66.0 Å². The lowest BCUT2D eigenvalue weighted by molar-refractivity contribution is 0.205. The van der Waals surface area contributed by atoms with E-state index in [-0.39, 0.29) is 0 Å². The Labute approximate surface area is 121 Å². The third kappa shape index (κ3) is 10.3. The summed E-state index contributed by atoms with van der Waals surface area (Å²) in [4.78, 5) is 5.05. The van der Waals surface area contributed by atoms with Gasteiger partial charge in [0.15, 0.2) is 0 Å². The van der Waals surface area contributed by atoms with E-state index in [9.17, 15) is 0 Å². The minimum absolute atomic E-state index is 0.668. The van der Waals surface area contributed by atoms with Crippen LogP contribution in [-0.4, -0.2) is 61.7 Å². The van der Waals surface area contributed by atoms with Crippen molar-refractivity contribution >= 4 is 0 Å². The van der Waals surface area contributed by atoms with Crippen LogP contribution in [0.3, 0.4) is 0 Å². The molecule has 0 amide bonds. The van der Waals surface area contributed by atoms with Gasteiger partial charge in [0, 0.05) is 12.1 Å². The fourth-order valence-corrected chi connectivity index (χ4v) is 2.15. The molecule has 0 aromatic rings. The molecule has 0 atom stereocenters. The number of unbranched alkanes of at least 4 members (excludes halogenated alkanes) is 1. The van der Waals surface area contributed by atoms with Gasteiger partial charge < -0.3 is 15.1 Å². The molecule has 0 bridgehead atoms. The quantitative estimate of drug-likeness (QED) is 0.551. The van der Waals surface area contributed by atoms with E-state index in [0.29, 0.717) is 12.1 Å².